The first kappa shape index (κ1) is 24.6. The van der Waals surface area contributed by atoms with Crippen LogP contribution in [0.3, 0.4) is 0 Å². The van der Waals surface area contributed by atoms with Crippen LogP contribution in [-0.2, 0) is 0 Å². The molecular formula is C28H30N4O2. The standard InChI is InChI=1S/C28H30N4O2/c1-19(2)23-9-5-21(6-10-23)17-29-31-27(33)25-13-15-26(16-14-25)28(34)32-30-18-22-7-11-24(12-8-22)20(3)4/h5-20H,1-4H3,(H,31,33)(H,32,34)/b29-17+,30-18+. The maximum atomic E-state index is 12.3. The molecule has 6 nitrogen and oxygen atoms in total. The van der Waals surface area contributed by atoms with Gasteiger partial charge in [-0.15, -0.1) is 0 Å². The van der Waals surface area contributed by atoms with Crippen molar-refractivity contribution in [1.29, 1.82) is 0 Å². The van der Waals surface area contributed by atoms with Crippen molar-refractivity contribution < 1.29 is 9.59 Å². The number of nitrogens with one attached hydrogen (secondary N) is 2. The van der Waals surface area contributed by atoms with E-state index in [0.717, 1.165) is 11.1 Å². The molecule has 3 aromatic carbocycles. The number of hydrogen-bond donors (Lipinski definition) is 2. The van der Waals surface area contributed by atoms with E-state index in [1.165, 1.54) is 11.1 Å². The third kappa shape index (κ3) is 6.97. The van der Waals surface area contributed by atoms with E-state index in [4.69, 9.17) is 0 Å². The molecule has 0 aliphatic carbocycles. The number of benzene rings is 3. The van der Waals surface area contributed by atoms with Crippen molar-refractivity contribution in [3.05, 3.63) is 106 Å². The van der Waals surface area contributed by atoms with Gasteiger partial charge in [-0.25, -0.2) is 10.9 Å². The van der Waals surface area contributed by atoms with Gasteiger partial charge < -0.3 is 0 Å². The normalized spacial score (nSPS) is 11.5. The van der Waals surface area contributed by atoms with Gasteiger partial charge in [0.15, 0.2) is 0 Å². The molecule has 0 unspecified atom stereocenters. The third-order valence-electron chi connectivity index (χ3n) is 5.37. The molecule has 0 heterocycles. The molecule has 3 rings (SSSR count). The van der Waals surface area contributed by atoms with Gasteiger partial charge in [0.25, 0.3) is 11.8 Å². The van der Waals surface area contributed by atoms with E-state index in [1.807, 2.05) is 48.5 Å². The van der Waals surface area contributed by atoms with Gasteiger partial charge in [0.05, 0.1) is 12.4 Å². The van der Waals surface area contributed by atoms with Crippen LogP contribution in [-0.4, -0.2) is 24.2 Å². The van der Waals surface area contributed by atoms with E-state index in [-0.39, 0.29) is 11.8 Å². The van der Waals surface area contributed by atoms with Crippen molar-refractivity contribution in [2.75, 3.05) is 0 Å². The van der Waals surface area contributed by atoms with Gasteiger partial charge in [-0.2, -0.15) is 10.2 Å². The number of carbonyl (C=O) groups excluding carboxylic acids is 2. The Morgan fingerprint density at radius 2 is 0.912 bits per heavy atom. The molecule has 0 aromatic heterocycles. The lowest BCUT2D eigenvalue weighted by molar-refractivity contribution is 0.0943. The summed E-state index contributed by atoms with van der Waals surface area (Å²) in [4.78, 5) is 24.6. The fourth-order valence-electron chi connectivity index (χ4n) is 3.17. The van der Waals surface area contributed by atoms with Crippen molar-refractivity contribution in [3.63, 3.8) is 0 Å². The second kappa shape index (κ2) is 11.7. The second-order valence-corrected chi connectivity index (χ2v) is 8.62. The molecule has 174 valence electrons. The van der Waals surface area contributed by atoms with Crippen LogP contribution < -0.4 is 10.9 Å². The van der Waals surface area contributed by atoms with Gasteiger partial charge in [0.2, 0.25) is 0 Å². The third-order valence-corrected chi connectivity index (χ3v) is 5.37. The van der Waals surface area contributed by atoms with Crippen molar-refractivity contribution >= 4 is 24.2 Å². The Morgan fingerprint density at radius 1 is 0.588 bits per heavy atom. The Kier molecular flexibility index (Phi) is 8.46. The lowest BCUT2D eigenvalue weighted by Gasteiger charge is -2.05. The molecule has 0 saturated carbocycles. The smallest absolute Gasteiger partial charge is 0.267 e. The molecule has 0 fully saturated rings. The van der Waals surface area contributed by atoms with Crippen LogP contribution in [0.25, 0.3) is 0 Å². The summed E-state index contributed by atoms with van der Waals surface area (Å²) in [6.45, 7) is 8.55. The van der Waals surface area contributed by atoms with Crippen LogP contribution >= 0.6 is 0 Å². The van der Waals surface area contributed by atoms with Crippen LogP contribution in [0.5, 0.6) is 0 Å². The zero-order valence-corrected chi connectivity index (χ0v) is 19.9. The van der Waals surface area contributed by atoms with Gasteiger partial charge in [-0.3, -0.25) is 9.59 Å². The Hall–Kier alpha value is -4.06. The van der Waals surface area contributed by atoms with Crippen LogP contribution in [0.2, 0.25) is 0 Å². The molecule has 0 aliphatic rings. The van der Waals surface area contributed by atoms with E-state index in [9.17, 15) is 9.59 Å². The van der Waals surface area contributed by atoms with E-state index >= 15 is 0 Å². The summed E-state index contributed by atoms with van der Waals surface area (Å²) in [5.74, 6) is 0.212. The van der Waals surface area contributed by atoms with Crippen molar-refractivity contribution in [2.24, 2.45) is 10.2 Å². The molecule has 0 saturated heterocycles. The Balaban J connectivity index is 1.51. The summed E-state index contributed by atoms with van der Waals surface area (Å²) in [6, 6.07) is 22.3. The van der Waals surface area contributed by atoms with Crippen molar-refractivity contribution in [2.45, 2.75) is 39.5 Å². The lowest BCUT2D eigenvalue weighted by atomic mass is 10.0. The zero-order chi connectivity index (χ0) is 24.5. The quantitative estimate of drug-likeness (QED) is 0.350. The lowest BCUT2D eigenvalue weighted by Crippen LogP contribution is -2.19. The van der Waals surface area contributed by atoms with Crippen LogP contribution in [0.1, 0.15) is 82.5 Å². The van der Waals surface area contributed by atoms with E-state index in [0.29, 0.717) is 23.0 Å². The predicted octanol–water partition coefficient (Wildman–Crippen LogP) is 5.46. The molecule has 0 radical (unpaired) electrons. The number of rotatable bonds is 8. The highest BCUT2D eigenvalue weighted by atomic mass is 16.2. The number of hydrogen-bond acceptors (Lipinski definition) is 4. The minimum atomic E-state index is -0.357. The topological polar surface area (TPSA) is 82.9 Å². The molecule has 0 atom stereocenters. The van der Waals surface area contributed by atoms with Crippen molar-refractivity contribution in [3.8, 4) is 0 Å². The molecule has 2 amide bonds. The van der Waals surface area contributed by atoms with Crippen LogP contribution in [0, 0.1) is 0 Å². The van der Waals surface area contributed by atoms with Crippen LogP contribution in [0.15, 0.2) is 83.0 Å². The fourth-order valence-corrected chi connectivity index (χ4v) is 3.17. The molecule has 34 heavy (non-hydrogen) atoms. The van der Waals surface area contributed by atoms with Gasteiger partial charge in [0, 0.05) is 11.1 Å². The van der Waals surface area contributed by atoms with Gasteiger partial charge in [0.1, 0.15) is 0 Å². The molecule has 0 spiro atoms. The molecule has 0 aliphatic heterocycles. The Morgan fingerprint density at radius 3 is 1.21 bits per heavy atom. The molecule has 3 aromatic rings. The molecule has 0 bridgehead atoms. The molecular weight excluding hydrogens is 424 g/mol. The van der Waals surface area contributed by atoms with Gasteiger partial charge in [-0.05, 0) is 58.4 Å². The SMILES string of the molecule is CC(C)c1ccc(/C=N/NC(=O)c2ccc(C(=O)N/N=C/c3ccc(C(C)C)cc3)cc2)cc1. The average Bonchev–Trinajstić information content (AvgIpc) is 2.84. The zero-order valence-electron chi connectivity index (χ0n) is 19.9. The second-order valence-electron chi connectivity index (χ2n) is 8.62. The molecule has 2 N–H and O–H groups in total. The first-order valence-electron chi connectivity index (χ1n) is 11.3. The van der Waals surface area contributed by atoms with E-state index in [2.05, 4.69) is 48.7 Å². The minimum absolute atomic E-state index is 0.357. The summed E-state index contributed by atoms with van der Waals surface area (Å²) in [5.41, 5.74) is 10.1. The Labute approximate surface area is 200 Å². The van der Waals surface area contributed by atoms with Gasteiger partial charge in [-0.1, -0.05) is 76.2 Å². The van der Waals surface area contributed by atoms with Crippen molar-refractivity contribution in [1.82, 2.24) is 10.9 Å². The summed E-state index contributed by atoms with van der Waals surface area (Å²) in [7, 11) is 0. The maximum Gasteiger partial charge on any atom is 0.271 e. The monoisotopic (exact) mass is 454 g/mol. The highest BCUT2D eigenvalue weighted by molar-refractivity contribution is 5.98. The number of amides is 2. The average molecular weight is 455 g/mol. The van der Waals surface area contributed by atoms with Gasteiger partial charge >= 0.3 is 0 Å². The summed E-state index contributed by atoms with van der Waals surface area (Å²) in [5, 5.41) is 8.02. The number of nitrogens with zero attached hydrogens (tertiary/aromatic N) is 2. The van der Waals surface area contributed by atoms with Crippen LogP contribution in [0.4, 0.5) is 0 Å². The maximum absolute atomic E-state index is 12.3. The first-order chi connectivity index (χ1) is 16.3. The van der Waals surface area contributed by atoms with E-state index in [1.54, 1.807) is 36.7 Å². The Bertz CT molecular complexity index is 1070. The summed E-state index contributed by atoms with van der Waals surface area (Å²) < 4.78 is 0. The largest absolute Gasteiger partial charge is 0.271 e. The highest BCUT2D eigenvalue weighted by Crippen LogP contribution is 2.14. The summed E-state index contributed by atoms with van der Waals surface area (Å²) >= 11 is 0. The fraction of sp³-hybridized carbons (Fsp3) is 0.214. The first-order valence-corrected chi connectivity index (χ1v) is 11.3. The predicted molar refractivity (Wildman–Crippen MR) is 138 cm³/mol. The minimum Gasteiger partial charge on any atom is -0.267 e. The highest BCUT2D eigenvalue weighted by Gasteiger charge is 2.08. The van der Waals surface area contributed by atoms with E-state index < -0.39 is 0 Å². The summed E-state index contributed by atoms with van der Waals surface area (Å²) in [6.07, 6.45) is 3.19. The number of carbonyl (C=O) groups is 2. The number of hydrazone groups is 2. The molecule has 6 heteroatoms.